The zero-order chi connectivity index (χ0) is 19.6. The van der Waals surface area contributed by atoms with Gasteiger partial charge >= 0.3 is 5.69 Å². The second kappa shape index (κ2) is 12.0. The first-order valence-corrected chi connectivity index (χ1v) is 8.70. The van der Waals surface area contributed by atoms with E-state index >= 15 is 0 Å². The minimum Gasteiger partial charge on any atom is -0.383 e. The van der Waals surface area contributed by atoms with Crippen LogP contribution in [0.25, 0.3) is 0 Å². The molecule has 0 saturated heterocycles. The number of H-pyrrole nitrogens is 1. The number of halogens is 1. The van der Waals surface area contributed by atoms with Crippen LogP contribution in [0.4, 0.5) is 11.5 Å². The number of nitrogens with two attached hydrogens (primary N) is 1. The fourth-order valence-electron chi connectivity index (χ4n) is 2.50. The molecule has 0 unspecified atom stereocenters. The van der Waals surface area contributed by atoms with Crippen LogP contribution in [0.2, 0.25) is 0 Å². The maximum Gasteiger partial charge on any atom is 0.330 e. The van der Waals surface area contributed by atoms with Gasteiger partial charge in [-0.3, -0.25) is 19.1 Å². The highest BCUT2D eigenvalue weighted by molar-refractivity contribution is 5.92. The van der Waals surface area contributed by atoms with Gasteiger partial charge in [0.2, 0.25) is 5.91 Å². The molecular weight excluding hydrogens is 386 g/mol. The van der Waals surface area contributed by atoms with Gasteiger partial charge in [-0.2, -0.15) is 0 Å². The molecule has 10 heteroatoms. The Morgan fingerprint density at radius 3 is 2.61 bits per heavy atom. The maximum atomic E-state index is 12.4. The third-order valence-electron chi connectivity index (χ3n) is 3.90. The Balaban J connectivity index is 0.00000392. The Morgan fingerprint density at radius 1 is 1.25 bits per heavy atom. The SMILES string of the molecule is COCCn1c(NC(=O)CCCN)c(NCc2ccccc2)c(=O)[nH]c1=O.Cl. The molecule has 154 valence electrons. The number of nitrogens with one attached hydrogen (secondary N) is 3. The zero-order valence-corrected chi connectivity index (χ0v) is 16.5. The molecule has 0 aliphatic heterocycles. The Bertz CT molecular complexity index is 867. The first-order valence-electron chi connectivity index (χ1n) is 8.70. The van der Waals surface area contributed by atoms with Gasteiger partial charge in [-0.15, -0.1) is 12.4 Å². The highest BCUT2D eigenvalue weighted by Gasteiger charge is 2.17. The summed E-state index contributed by atoms with van der Waals surface area (Å²) in [7, 11) is 1.50. The monoisotopic (exact) mass is 411 g/mol. The van der Waals surface area contributed by atoms with Crippen LogP contribution in [0, 0.1) is 0 Å². The summed E-state index contributed by atoms with van der Waals surface area (Å²) in [6.07, 6.45) is 0.698. The van der Waals surface area contributed by atoms with Crippen molar-refractivity contribution in [1.82, 2.24) is 9.55 Å². The van der Waals surface area contributed by atoms with Crippen molar-refractivity contribution in [3.8, 4) is 0 Å². The predicted octanol–water partition coefficient (Wildman–Crippen LogP) is 0.894. The van der Waals surface area contributed by atoms with Gasteiger partial charge in [0.1, 0.15) is 11.5 Å². The number of carbonyl (C=O) groups excluding carboxylic acids is 1. The third-order valence-corrected chi connectivity index (χ3v) is 3.90. The molecule has 2 rings (SSSR count). The van der Waals surface area contributed by atoms with Crippen LogP contribution < -0.4 is 27.6 Å². The van der Waals surface area contributed by atoms with Crippen molar-refractivity contribution in [1.29, 1.82) is 0 Å². The van der Waals surface area contributed by atoms with Crippen LogP contribution in [-0.4, -0.2) is 35.7 Å². The number of amides is 1. The van der Waals surface area contributed by atoms with E-state index in [1.165, 1.54) is 11.7 Å². The maximum absolute atomic E-state index is 12.4. The summed E-state index contributed by atoms with van der Waals surface area (Å²) in [5, 5.41) is 5.69. The molecule has 1 heterocycles. The fourth-order valence-corrected chi connectivity index (χ4v) is 2.50. The second-order valence-electron chi connectivity index (χ2n) is 5.91. The molecule has 0 aliphatic carbocycles. The molecule has 0 bridgehead atoms. The normalized spacial score (nSPS) is 10.2. The van der Waals surface area contributed by atoms with Crippen LogP contribution in [0.1, 0.15) is 18.4 Å². The first kappa shape index (κ1) is 23.4. The highest BCUT2D eigenvalue weighted by Crippen LogP contribution is 2.17. The number of anilines is 2. The molecule has 0 spiro atoms. The van der Waals surface area contributed by atoms with Crippen molar-refractivity contribution in [2.45, 2.75) is 25.9 Å². The molecule has 0 aliphatic rings. The molecule has 9 nitrogen and oxygen atoms in total. The summed E-state index contributed by atoms with van der Waals surface area (Å²) in [5.41, 5.74) is 5.30. The van der Waals surface area contributed by atoms with Gasteiger partial charge in [-0.1, -0.05) is 30.3 Å². The van der Waals surface area contributed by atoms with E-state index < -0.39 is 11.2 Å². The van der Waals surface area contributed by atoms with E-state index in [0.717, 1.165) is 5.56 Å². The van der Waals surface area contributed by atoms with Crippen LogP contribution in [0.3, 0.4) is 0 Å². The molecule has 5 N–H and O–H groups in total. The third kappa shape index (κ3) is 6.52. The highest BCUT2D eigenvalue weighted by atomic mass is 35.5. The van der Waals surface area contributed by atoms with Crippen molar-refractivity contribution in [3.63, 3.8) is 0 Å². The Kier molecular flexibility index (Phi) is 10.0. The molecule has 0 saturated carbocycles. The van der Waals surface area contributed by atoms with Crippen LogP contribution in [0.5, 0.6) is 0 Å². The summed E-state index contributed by atoms with van der Waals surface area (Å²) in [6, 6.07) is 9.47. The van der Waals surface area contributed by atoms with Gasteiger partial charge in [0, 0.05) is 20.1 Å². The number of nitrogens with zero attached hydrogens (tertiary/aromatic N) is 1. The van der Waals surface area contributed by atoms with Crippen molar-refractivity contribution >= 4 is 29.8 Å². The fraction of sp³-hybridized carbons (Fsp3) is 0.389. The largest absolute Gasteiger partial charge is 0.383 e. The van der Waals surface area contributed by atoms with Crippen LogP contribution in [0.15, 0.2) is 39.9 Å². The lowest BCUT2D eigenvalue weighted by molar-refractivity contribution is -0.116. The summed E-state index contributed by atoms with van der Waals surface area (Å²) < 4.78 is 6.30. The average molecular weight is 412 g/mol. The summed E-state index contributed by atoms with van der Waals surface area (Å²) in [4.78, 5) is 39.1. The number of rotatable bonds is 10. The van der Waals surface area contributed by atoms with Crippen molar-refractivity contribution in [3.05, 3.63) is 56.7 Å². The number of hydrogen-bond acceptors (Lipinski definition) is 6. The lowest BCUT2D eigenvalue weighted by atomic mass is 10.2. The molecule has 0 radical (unpaired) electrons. The van der Waals surface area contributed by atoms with Gasteiger partial charge in [-0.25, -0.2) is 4.79 Å². The van der Waals surface area contributed by atoms with Crippen molar-refractivity contribution < 1.29 is 9.53 Å². The Labute approximate surface area is 168 Å². The smallest absolute Gasteiger partial charge is 0.330 e. The second-order valence-corrected chi connectivity index (χ2v) is 5.91. The standard InChI is InChI=1S/C18H25N5O4.ClH/c1-27-11-10-23-16(21-14(24)8-5-9-19)15(17(25)22-18(23)26)20-12-13-6-3-2-4-7-13;/h2-4,6-7,20H,5,8-12,19H2,1H3,(H,21,24)(H,22,25,26);1H. The summed E-state index contributed by atoms with van der Waals surface area (Å²) in [6.45, 7) is 1.16. The van der Waals surface area contributed by atoms with E-state index in [0.29, 0.717) is 19.5 Å². The molecular formula is C18H26ClN5O4. The summed E-state index contributed by atoms with van der Waals surface area (Å²) in [5.74, 6) is -0.196. The van der Waals surface area contributed by atoms with Gasteiger partial charge in [0.15, 0.2) is 0 Å². The number of benzene rings is 1. The predicted molar refractivity (Wildman–Crippen MR) is 111 cm³/mol. The molecule has 0 atom stereocenters. The number of carbonyl (C=O) groups is 1. The lowest BCUT2D eigenvalue weighted by Crippen LogP contribution is -2.36. The number of aromatic amines is 1. The molecule has 1 aromatic carbocycles. The minimum atomic E-state index is -0.614. The lowest BCUT2D eigenvalue weighted by Gasteiger charge is -2.17. The van der Waals surface area contributed by atoms with E-state index in [2.05, 4.69) is 15.6 Å². The Morgan fingerprint density at radius 2 is 1.96 bits per heavy atom. The molecule has 1 amide bonds. The average Bonchev–Trinajstić information content (AvgIpc) is 2.66. The van der Waals surface area contributed by atoms with E-state index in [4.69, 9.17) is 10.5 Å². The molecule has 28 heavy (non-hydrogen) atoms. The Hall–Kier alpha value is -2.62. The number of aromatic nitrogens is 2. The zero-order valence-electron chi connectivity index (χ0n) is 15.7. The van der Waals surface area contributed by atoms with Crippen LogP contribution >= 0.6 is 12.4 Å². The van der Waals surface area contributed by atoms with Crippen LogP contribution in [-0.2, 0) is 22.6 Å². The quantitative estimate of drug-likeness (QED) is 0.459. The van der Waals surface area contributed by atoms with E-state index in [1.54, 1.807) is 0 Å². The topological polar surface area (TPSA) is 131 Å². The van der Waals surface area contributed by atoms with Gasteiger partial charge in [0.05, 0.1) is 13.2 Å². The van der Waals surface area contributed by atoms with E-state index in [1.807, 2.05) is 30.3 Å². The molecule has 1 aromatic heterocycles. The van der Waals surface area contributed by atoms with Gasteiger partial charge in [-0.05, 0) is 18.5 Å². The molecule has 2 aromatic rings. The van der Waals surface area contributed by atoms with E-state index in [-0.39, 0.29) is 49.4 Å². The number of methoxy groups -OCH3 is 1. The minimum absolute atomic E-state index is 0. The molecule has 0 fully saturated rings. The first-order chi connectivity index (χ1) is 13.1. The van der Waals surface area contributed by atoms with Gasteiger partial charge < -0.3 is 21.1 Å². The number of hydrogen-bond donors (Lipinski definition) is 4. The number of ether oxygens (including phenoxy) is 1. The van der Waals surface area contributed by atoms with Crippen molar-refractivity contribution in [2.24, 2.45) is 5.73 Å². The van der Waals surface area contributed by atoms with Gasteiger partial charge in [0.25, 0.3) is 5.56 Å². The summed E-state index contributed by atoms with van der Waals surface area (Å²) >= 11 is 0. The van der Waals surface area contributed by atoms with E-state index in [9.17, 15) is 14.4 Å². The van der Waals surface area contributed by atoms with Crippen molar-refractivity contribution in [2.75, 3.05) is 30.9 Å².